The van der Waals surface area contributed by atoms with Crippen LogP contribution in [0, 0.1) is 0 Å². The first-order valence-corrected chi connectivity index (χ1v) is 5.01. The minimum Gasteiger partial charge on any atom is -0.387 e. The minimum absolute atomic E-state index is 0.0380. The third-order valence-electron chi connectivity index (χ3n) is 1.63. The summed E-state index contributed by atoms with van der Waals surface area (Å²) in [6.45, 7) is 5.53. The molecule has 1 aromatic rings. The maximum Gasteiger partial charge on any atom is 0.161 e. The molecule has 14 heavy (non-hydrogen) atoms. The molecule has 0 atom stereocenters. The lowest BCUT2D eigenvalue weighted by atomic mass is 10.1. The van der Waals surface area contributed by atoms with Crippen molar-refractivity contribution in [1.82, 2.24) is 0 Å². The second kappa shape index (κ2) is 6.44. The van der Waals surface area contributed by atoms with Gasteiger partial charge in [0.15, 0.2) is 5.78 Å². The van der Waals surface area contributed by atoms with Crippen LogP contribution in [0.5, 0.6) is 0 Å². The fraction of sp³-hybridized carbons (Fsp3) is 0.364. The van der Waals surface area contributed by atoms with Crippen molar-refractivity contribution in [1.29, 1.82) is 0 Å². The van der Waals surface area contributed by atoms with E-state index in [1.807, 2.05) is 13.8 Å². The van der Waals surface area contributed by atoms with Crippen LogP contribution in [0.15, 0.2) is 18.2 Å². The Balaban J connectivity index is 0.000000791. The normalized spacial score (nSPS) is 8.64. The van der Waals surface area contributed by atoms with E-state index in [9.17, 15) is 4.79 Å². The Morgan fingerprint density at radius 3 is 2.36 bits per heavy atom. The number of hydrogen-bond donors (Lipinski definition) is 1. The number of nitrogens with one attached hydrogen (secondary N) is 1. The predicted octanol–water partition coefficient (Wildman–Crippen LogP) is 3.61. The van der Waals surface area contributed by atoms with Crippen LogP contribution in [0.3, 0.4) is 0 Å². The van der Waals surface area contributed by atoms with Gasteiger partial charge in [0, 0.05) is 23.3 Å². The monoisotopic (exact) mass is 213 g/mol. The van der Waals surface area contributed by atoms with Crippen LogP contribution in [0.25, 0.3) is 0 Å². The summed E-state index contributed by atoms with van der Waals surface area (Å²) in [5.74, 6) is 0.0380. The van der Waals surface area contributed by atoms with Gasteiger partial charge in [-0.25, -0.2) is 0 Å². The van der Waals surface area contributed by atoms with Crippen LogP contribution >= 0.6 is 11.6 Å². The number of hydrogen-bond acceptors (Lipinski definition) is 2. The van der Waals surface area contributed by atoms with Crippen LogP contribution in [-0.2, 0) is 0 Å². The lowest BCUT2D eigenvalue weighted by molar-refractivity contribution is 0.101. The van der Waals surface area contributed by atoms with Gasteiger partial charge in [-0.3, -0.25) is 4.79 Å². The molecule has 0 spiro atoms. The molecule has 0 bridgehead atoms. The van der Waals surface area contributed by atoms with E-state index in [4.69, 9.17) is 11.6 Å². The average Bonchev–Trinajstić information content (AvgIpc) is 2.20. The number of Topliss-reactive ketones (excluding diaryl/α,β-unsaturated/α-hetero) is 1. The topological polar surface area (TPSA) is 29.1 Å². The van der Waals surface area contributed by atoms with Gasteiger partial charge >= 0.3 is 0 Å². The van der Waals surface area contributed by atoms with Gasteiger partial charge in [0.2, 0.25) is 0 Å². The molecule has 1 rings (SSSR count). The molecule has 0 amide bonds. The van der Waals surface area contributed by atoms with E-state index in [1.165, 1.54) is 6.92 Å². The Morgan fingerprint density at radius 1 is 1.36 bits per heavy atom. The summed E-state index contributed by atoms with van der Waals surface area (Å²) in [4.78, 5) is 11.1. The molecule has 0 aromatic heterocycles. The molecule has 0 unspecified atom stereocenters. The van der Waals surface area contributed by atoms with Gasteiger partial charge in [-0.2, -0.15) is 0 Å². The van der Waals surface area contributed by atoms with E-state index in [0.717, 1.165) is 5.69 Å². The summed E-state index contributed by atoms with van der Waals surface area (Å²) in [6.07, 6.45) is 0. The number of benzene rings is 1. The Hall–Kier alpha value is -1.02. The number of carbonyl (C=O) groups excluding carboxylic acids is 1. The molecule has 0 fully saturated rings. The van der Waals surface area contributed by atoms with Crippen molar-refractivity contribution >= 4 is 23.1 Å². The molecule has 0 saturated carbocycles. The zero-order valence-electron chi connectivity index (χ0n) is 9.02. The summed E-state index contributed by atoms with van der Waals surface area (Å²) in [7, 11) is 1.76. The fourth-order valence-electron chi connectivity index (χ4n) is 1.03. The van der Waals surface area contributed by atoms with Crippen molar-refractivity contribution in [2.24, 2.45) is 0 Å². The second-order valence-electron chi connectivity index (χ2n) is 2.50. The molecule has 0 radical (unpaired) electrons. The second-order valence-corrected chi connectivity index (χ2v) is 2.93. The number of anilines is 1. The highest BCUT2D eigenvalue weighted by Gasteiger charge is 2.05. The van der Waals surface area contributed by atoms with E-state index < -0.39 is 0 Å². The molecule has 0 heterocycles. The molecule has 1 N–H and O–H groups in total. The first kappa shape index (κ1) is 13.0. The van der Waals surface area contributed by atoms with Crippen molar-refractivity contribution in [3.05, 3.63) is 28.8 Å². The molecule has 78 valence electrons. The summed E-state index contributed by atoms with van der Waals surface area (Å²) >= 11 is 5.75. The Kier molecular flexibility index (Phi) is 5.97. The molecular formula is C11H16ClNO. The smallest absolute Gasteiger partial charge is 0.161 e. The largest absolute Gasteiger partial charge is 0.387 e. The van der Waals surface area contributed by atoms with Crippen molar-refractivity contribution in [3.63, 3.8) is 0 Å². The molecule has 0 aliphatic rings. The predicted molar refractivity (Wildman–Crippen MR) is 62.4 cm³/mol. The van der Waals surface area contributed by atoms with Crippen molar-refractivity contribution < 1.29 is 4.79 Å². The standard InChI is InChI=1S/C9H10ClNO.C2H6/c1-6(12)8-4-3-7(10)5-9(8)11-2;1-2/h3-5,11H,1-2H3;1-2H3. The van der Waals surface area contributed by atoms with Gasteiger partial charge in [-0.15, -0.1) is 0 Å². The number of rotatable bonds is 2. The SMILES string of the molecule is CC.CNc1cc(Cl)ccc1C(C)=O. The molecule has 1 aromatic carbocycles. The number of halogens is 1. The van der Waals surface area contributed by atoms with Crippen molar-refractivity contribution in [3.8, 4) is 0 Å². The molecule has 0 saturated heterocycles. The first-order valence-electron chi connectivity index (χ1n) is 4.63. The van der Waals surface area contributed by atoms with Crippen LogP contribution in [0.1, 0.15) is 31.1 Å². The van der Waals surface area contributed by atoms with E-state index >= 15 is 0 Å². The minimum atomic E-state index is 0.0380. The third kappa shape index (κ3) is 3.38. The molecule has 3 heteroatoms. The maximum absolute atomic E-state index is 11.1. The van der Waals surface area contributed by atoms with E-state index in [-0.39, 0.29) is 5.78 Å². The van der Waals surface area contributed by atoms with E-state index in [2.05, 4.69) is 5.32 Å². The first-order chi connectivity index (χ1) is 6.65. The van der Waals surface area contributed by atoms with Gasteiger partial charge in [-0.1, -0.05) is 25.4 Å². The maximum atomic E-state index is 11.1. The lowest BCUT2D eigenvalue weighted by Gasteiger charge is -2.05. The van der Waals surface area contributed by atoms with Crippen molar-refractivity contribution in [2.45, 2.75) is 20.8 Å². The van der Waals surface area contributed by atoms with Gasteiger partial charge < -0.3 is 5.32 Å². The van der Waals surface area contributed by atoms with Crippen LogP contribution in [0.4, 0.5) is 5.69 Å². The molecule has 0 aliphatic carbocycles. The summed E-state index contributed by atoms with van der Waals surface area (Å²) in [5, 5.41) is 3.54. The highest BCUT2D eigenvalue weighted by Crippen LogP contribution is 2.20. The fourth-order valence-corrected chi connectivity index (χ4v) is 1.20. The Morgan fingerprint density at radius 2 is 1.93 bits per heavy atom. The quantitative estimate of drug-likeness (QED) is 0.761. The van der Waals surface area contributed by atoms with E-state index in [0.29, 0.717) is 10.6 Å². The lowest BCUT2D eigenvalue weighted by Crippen LogP contribution is -1.99. The molecule has 0 aliphatic heterocycles. The van der Waals surface area contributed by atoms with Gasteiger partial charge in [0.05, 0.1) is 0 Å². The number of carbonyl (C=O) groups is 1. The highest BCUT2D eigenvalue weighted by molar-refractivity contribution is 6.31. The van der Waals surface area contributed by atoms with Crippen LogP contribution in [0.2, 0.25) is 5.02 Å². The van der Waals surface area contributed by atoms with Crippen LogP contribution < -0.4 is 5.32 Å². The van der Waals surface area contributed by atoms with Gasteiger partial charge in [0.1, 0.15) is 0 Å². The highest BCUT2D eigenvalue weighted by atomic mass is 35.5. The average molecular weight is 214 g/mol. The Labute approximate surface area is 90.3 Å². The summed E-state index contributed by atoms with van der Waals surface area (Å²) in [5.41, 5.74) is 1.44. The summed E-state index contributed by atoms with van der Waals surface area (Å²) in [6, 6.07) is 5.16. The van der Waals surface area contributed by atoms with E-state index in [1.54, 1.807) is 25.2 Å². The zero-order chi connectivity index (χ0) is 11.1. The Bertz CT molecular complexity index is 310. The van der Waals surface area contributed by atoms with Gasteiger partial charge in [-0.05, 0) is 25.1 Å². The number of ketones is 1. The molecular weight excluding hydrogens is 198 g/mol. The zero-order valence-corrected chi connectivity index (χ0v) is 9.77. The molecule has 2 nitrogen and oxygen atoms in total. The van der Waals surface area contributed by atoms with Gasteiger partial charge in [0.25, 0.3) is 0 Å². The summed E-state index contributed by atoms with van der Waals surface area (Å²) < 4.78 is 0. The van der Waals surface area contributed by atoms with Crippen molar-refractivity contribution in [2.75, 3.05) is 12.4 Å². The van der Waals surface area contributed by atoms with Crippen LogP contribution in [-0.4, -0.2) is 12.8 Å². The third-order valence-corrected chi connectivity index (χ3v) is 1.87.